The first kappa shape index (κ1) is 14.6. The summed E-state index contributed by atoms with van der Waals surface area (Å²) in [5, 5.41) is 10.3. The maximum atomic E-state index is 11.4. The molecular weight excluding hydrogens is 252 g/mol. The molecule has 0 atom stereocenters. The van der Waals surface area contributed by atoms with Gasteiger partial charge in [0, 0.05) is 18.6 Å². The van der Waals surface area contributed by atoms with Crippen molar-refractivity contribution >= 4 is 16.9 Å². The van der Waals surface area contributed by atoms with Crippen LogP contribution in [0.1, 0.15) is 42.3 Å². The minimum absolute atomic E-state index is 0.115. The lowest BCUT2D eigenvalue weighted by Crippen LogP contribution is -2.14. The van der Waals surface area contributed by atoms with Crippen molar-refractivity contribution in [3.05, 3.63) is 35.0 Å². The minimum atomic E-state index is -0.889. The molecule has 0 spiro atoms. The molecule has 3 N–H and O–H groups in total. The molecule has 0 unspecified atom stereocenters. The number of nitrogens with two attached hydrogens (primary N) is 1. The molecule has 0 radical (unpaired) electrons. The van der Waals surface area contributed by atoms with Gasteiger partial charge < -0.3 is 15.4 Å². The molecule has 0 fully saturated rings. The number of aromatic nitrogens is 1. The Balaban J connectivity index is 2.86. The number of fused-ring (bicyclic) bond motifs is 1. The quantitative estimate of drug-likeness (QED) is 0.904. The fraction of sp³-hybridized carbons (Fsp3) is 0.438. The number of carboxylic acid groups (broad SMARTS) is 1. The second-order valence-corrected chi connectivity index (χ2v) is 6.28. The standard InChI is InChI=1S/C16H22N2O2/c1-16(2,3)13-8-11(15(19)20)7-12-10(5-6-17)9-18(4)14(12)13/h7-9H,5-6,17H2,1-4H3,(H,19,20). The predicted molar refractivity (Wildman–Crippen MR) is 81.3 cm³/mol. The molecule has 4 heteroatoms. The van der Waals surface area contributed by atoms with Crippen molar-refractivity contribution in [1.82, 2.24) is 4.57 Å². The van der Waals surface area contributed by atoms with Crippen LogP contribution in [-0.2, 0) is 18.9 Å². The molecule has 0 bridgehead atoms. The van der Waals surface area contributed by atoms with E-state index < -0.39 is 5.97 Å². The van der Waals surface area contributed by atoms with Gasteiger partial charge in [0.05, 0.1) is 11.1 Å². The van der Waals surface area contributed by atoms with Crippen molar-refractivity contribution in [2.75, 3.05) is 6.54 Å². The summed E-state index contributed by atoms with van der Waals surface area (Å²) in [6.07, 6.45) is 2.81. The highest BCUT2D eigenvalue weighted by molar-refractivity contribution is 5.97. The molecular formula is C16H22N2O2. The van der Waals surface area contributed by atoms with Gasteiger partial charge >= 0.3 is 5.97 Å². The Bertz CT molecular complexity index is 663. The molecule has 0 aliphatic heterocycles. The van der Waals surface area contributed by atoms with Crippen molar-refractivity contribution in [2.45, 2.75) is 32.6 Å². The molecule has 0 saturated heterocycles. The van der Waals surface area contributed by atoms with Gasteiger partial charge in [-0.1, -0.05) is 20.8 Å². The summed E-state index contributed by atoms with van der Waals surface area (Å²) < 4.78 is 2.08. The van der Waals surface area contributed by atoms with Gasteiger partial charge in [0.2, 0.25) is 0 Å². The largest absolute Gasteiger partial charge is 0.478 e. The number of carbonyl (C=O) groups is 1. The topological polar surface area (TPSA) is 68.2 Å². The number of aromatic carboxylic acids is 1. The van der Waals surface area contributed by atoms with Crippen LogP contribution in [0.4, 0.5) is 0 Å². The molecule has 0 aliphatic carbocycles. The fourth-order valence-electron chi connectivity index (χ4n) is 2.68. The zero-order valence-electron chi connectivity index (χ0n) is 12.5. The highest BCUT2D eigenvalue weighted by atomic mass is 16.4. The predicted octanol–water partition coefficient (Wildman–Crippen LogP) is 2.68. The first-order valence-electron chi connectivity index (χ1n) is 6.81. The van der Waals surface area contributed by atoms with Crippen LogP contribution in [0.25, 0.3) is 10.9 Å². The third-order valence-electron chi connectivity index (χ3n) is 3.63. The molecule has 0 aliphatic rings. The maximum Gasteiger partial charge on any atom is 0.335 e. The molecule has 0 amide bonds. The minimum Gasteiger partial charge on any atom is -0.478 e. The Morgan fingerprint density at radius 2 is 2.00 bits per heavy atom. The van der Waals surface area contributed by atoms with Crippen LogP contribution in [-0.4, -0.2) is 22.2 Å². The summed E-state index contributed by atoms with van der Waals surface area (Å²) >= 11 is 0. The molecule has 4 nitrogen and oxygen atoms in total. The monoisotopic (exact) mass is 274 g/mol. The maximum absolute atomic E-state index is 11.4. The lowest BCUT2D eigenvalue weighted by Gasteiger charge is -2.22. The van der Waals surface area contributed by atoms with Crippen LogP contribution in [0.5, 0.6) is 0 Å². The van der Waals surface area contributed by atoms with Gasteiger partial charge in [0.1, 0.15) is 0 Å². The molecule has 1 heterocycles. The molecule has 1 aromatic heterocycles. The van der Waals surface area contributed by atoms with E-state index >= 15 is 0 Å². The number of carboxylic acids is 1. The summed E-state index contributed by atoms with van der Waals surface area (Å²) in [7, 11) is 2.00. The summed E-state index contributed by atoms with van der Waals surface area (Å²) in [6, 6.07) is 3.55. The SMILES string of the molecule is Cn1cc(CCN)c2cc(C(=O)O)cc(C(C)(C)C)c21. The Morgan fingerprint density at radius 1 is 1.35 bits per heavy atom. The fourth-order valence-corrected chi connectivity index (χ4v) is 2.68. The van der Waals surface area contributed by atoms with Gasteiger partial charge in [-0.05, 0) is 41.6 Å². The Morgan fingerprint density at radius 3 is 2.50 bits per heavy atom. The molecule has 0 saturated carbocycles. The third-order valence-corrected chi connectivity index (χ3v) is 3.63. The number of nitrogens with zero attached hydrogens (tertiary/aromatic N) is 1. The van der Waals surface area contributed by atoms with Gasteiger partial charge in [-0.3, -0.25) is 0 Å². The van der Waals surface area contributed by atoms with Crippen molar-refractivity contribution in [3.63, 3.8) is 0 Å². The van der Waals surface area contributed by atoms with Crippen LogP contribution >= 0.6 is 0 Å². The highest BCUT2D eigenvalue weighted by Crippen LogP contribution is 2.33. The molecule has 1 aromatic carbocycles. The number of hydrogen-bond acceptors (Lipinski definition) is 2. The molecule has 108 valence electrons. The van der Waals surface area contributed by atoms with E-state index in [2.05, 4.69) is 31.5 Å². The van der Waals surface area contributed by atoms with Gasteiger partial charge in [0.15, 0.2) is 0 Å². The molecule has 2 rings (SSSR count). The molecule has 20 heavy (non-hydrogen) atoms. The van der Waals surface area contributed by atoms with Crippen molar-refractivity contribution in [3.8, 4) is 0 Å². The first-order valence-corrected chi connectivity index (χ1v) is 6.81. The molecule has 2 aromatic rings. The second kappa shape index (κ2) is 4.94. The number of benzene rings is 1. The van der Waals surface area contributed by atoms with E-state index in [0.29, 0.717) is 12.1 Å². The number of hydrogen-bond donors (Lipinski definition) is 2. The lowest BCUT2D eigenvalue weighted by molar-refractivity contribution is 0.0697. The zero-order valence-corrected chi connectivity index (χ0v) is 12.5. The van der Waals surface area contributed by atoms with E-state index in [9.17, 15) is 9.90 Å². The van der Waals surface area contributed by atoms with E-state index in [4.69, 9.17) is 5.73 Å². The third kappa shape index (κ3) is 2.43. The summed E-state index contributed by atoms with van der Waals surface area (Å²) in [6.45, 7) is 6.86. The Labute approximate surface area is 119 Å². The number of rotatable bonds is 3. The summed E-state index contributed by atoms with van der Waals surface area (Å²) in [4.78, 5) is 11.4. The zero-order chi connectivity index (χ0) is 15.1. The van der Waals surface area contributed by atoms with E-state index in [1.54, 1.807) is 12.1 Å². The average Bonchev–Trinajstić information content (AvgIpc) is 2.65. The highest BCUT2D eigenvalue weighted by Gasteiger charge is 2.22. The van der Waals surface area contributed by atoms with Crippen molar-refractivity contribution < 1.29 is 9.90 Å². The average molecular weight is 274 g/mol. The van der Waals surface area contributed by atoms with Crippen molar-refractivity contribution in [1.29, 1.82) is 0 Å². The van der Waals surface area contributed by atoms with Crippen LogP contribution in [0.15, 0.2) is 18.3 Å². The van der Waals surface area contributed by atoms with E-state index in [-0.39, 0.29) is 5.41 Å². The van der Waals surface area contributed by atoms with Crippen molar-refractivity contribution in [2.24, 2.45) is 12.8 Å². The van der Waals surface area contributed by atoms with Gasteiger partial charge in [-0.15, -0.1) is 0 Å². The van der Waals surface area contributed by atoms with Gasteiger partial charge in [-0.2, -0.15) is 0 Å². The van der Waals surface area contributed by atoms with E-state index in [0.717, 1.165) is 28.5 Å². The van der Waals surface area contributed by atoms with E-state index in [1.807, 2.05) is 7.05 Å². The smallest absolute Gasteiger partial charge is 0.335 e. The number of aryl methyl sites for hydroxylation is 1. The van der Waals surface area contributed by atoms with Crippen LogP contribution in [0.3, 0.4) is 0 Å². The lowest BCUT2D eigenvalue weighted by atomic mass is 9.84. The summed E-state index contributed by atoms with van der Waals surface area (Å²) in [5.74, 6) is -0.889. The Hall–Kier alpha value is -1.81. The van der Waals surface area contributed by atoms with Gasteiger partial charge in [-0.25, -0.2) is 4.79 Å². The second-order valence-electron chi connectivity index (χ2n) is 6.28. The van der Waals surface area contributed by atoms with Crippen LogP contribution in [0, 0.1) is 0 Å². The first-order chi connectivity index (χ1) is 9.25. The van der Waals surface area contributed by atoms with Crippen LogP contribution < -0.4 is 5.73 Å². The van der Waals surface area contributed by atoms with E-state index in [1.165, 1.54) is 0 Å². The summed E-state index contributed by atoms with van der Waals surface area (Å²) in [5.41, 5.74) is 9.15. The van der Waals surface area contributed by atoms with Crippen LogP contribution in [0.2, 0.25) is 0 Å². The van der Waals surface area contributed by atoms with Gasteiger partial charge in [0.25, 0.3) is 0 Å². The normalized spacial score (nSPS) is 12.1. The Kier molecular flexibility index (Phi) is 3.61.